The van der Waals surface area contributed by atoms with E-state index in [-0.39, 0.29) is 5.69 Å². The van der Waals surface area contributed by atoms with E-state index in [1.807, 2.05) is 66.2 Å². The van der Waals surface area contributed by atoms with E-state index in [1.165, 1.54) is 12.1 Å². The molecule has 122 valence electrons. The van der Waals surface area contributed by atoms with Crippen LogP contribution < -0.4 is 4.90 Å². The number of halogens is 2. The number of benzene rings is 2. The van der Waals surface area contributed by atoms with Crippen molar-refractivity contribution in [1.82, 2.24) is 4.57 Å². The van der Waals surface area contributed by atoms with Gasteiger partial charge in [0.1, 0.15) is 5.82 Å². The van der Waals surface area contributed by atoms with Crippen LogP contribution in [0.5, 0.6) is 0 Å². The lowest BCUT2D eigenvalue weighted by molar-refractivity contribution is 0.585. The number of anilines is 1. The molecule has 0 saturated heterocycles. The molecule has 0 unspecified atom stereocenters. The first-order valence-electron chi connectivity index (χ1n) is 7.49. The highest BCUT2D eigenvalue weighted by molar-refractivity contribution is 5.81. The second-order valence-corrected chi connectivity index (χ2v) is 5.57. The molecule has 0 aliphatic carbocycles. The van der Waals surface area contributed by atoms with Crippen LogP contribution >= 0.6 is 0 Å². The van der Waals surface area contributed by atoms with Gasteiger partial charge in [0, 0.05) is 37.7 Å². The van der Waals surface area contributed by atoms with Crippen molar-refractivity contribution in [2.24, 2.45) is 4.99 Å². The first-order valence-corrected chi connectivity index (χ1v) is 7.49. The number of aliphatic imine (C=N–C) groups is 1. The Morgan fingerprint density at radius 3 is 2.42 bits per heavy atom. The van der Waals surface area contributed by atoms with Crippen molar-refractivity contribution in [3.8, 4) is 5.69 Å². The second-order valence-electron chi connectivity index (χ2n) is 5.57. The Balaban J connectivity index is 1.88. The second kappa shape index (κ2) is 6.66. The Bertz CT molecular complexity index is 865. The monoisotopic (exact) mass is 325 g/mol. The molecule has 5 heteroatoms. The van der Waals surface area contributed by atoms with Gasteiger partial charge >= 0.3 is 0 Å². The molecule has 0 amide bonds. The number of nitrogens with zero attached hydrogens (tertiary/aromatic N) is 3. The summed E-state index contributed by atoms with van der Waals surface area (Å²) in [5, 5.41) is 0. The maximum absolute atomic E-state index is 13.7. The largest absolute Gasteiger partial charge is 0.378 e. The van der Waals surface area contributed by atoms with E-state index in [9.17, 15) is 8.78 Å². The average Bonchev–Trinajstić information content (AvgIpc) is 3.02. The Labute approximate surface area is 139 Å². The van der Waals surface area contributed by atoms with Crippen LogP contribution in [0.1, 0.15) is 5.69 Å². The lowest BCUT2D eigenvalue weighted by Crippen LogP contribution is -2.08. The molecule has 0 fully saturated rings. The van der Waals surface area contributed by atoms with Crippen LogP contribution in [-0.4, -0.2) is 24.9 Å². The van der Waals surface area contributed by atoms with Gasteiger partial charge in [-0.3, -0.25) is 4.99 Å². The smallest absolute Gasteiger partial charge is 0.151 e. The van der Waals surface area contributed by atoms with Gasteiger partial charge in [0.2, 0.25) is 0 Å². The fourth-order valence-corrected chi connectivity index (χ4v) is 2.37. The summed E-state index contributed by atoms with van der Waals surface area (Å²) in [6.45, 7) is 0. The van der Waals surface area contributed by atoms with Crippen LogP contribution in [0.15, 0.2) is 65.8 Å². The molecular formula is C19H17F2N3. The number of aromatic nitrogens is 1. The van der Waals surface area contributed by atoms with Gasteiger partial charge in [0.05, 0.1) is 17.6 Å². The van der Waals surface area contributed by atoms with Crippen LogP contribution in [0, 0.1) is 11.6 Å². The summed E-state index contributed by atoms with van der Waals surface area (Å²) in [4.78, 5) is 6.15. The molecule has 3 rings (SSSR count). The molecule has 0 radical (unpaired) electrons. The molecule has 0 atom stereocenters. The van der Waals surface area contributed by atoms with Gasteiger partial charge in [-0.05, 0) is 48.5 Å². The van der Waals surface area contributed by atoms with Crippen molar-refractivity contribution in [3.63, 3.8) is 0 Å². The minimum Gasteiger partial charge on any atom is -0.378 e. The van der Waals surface area contributed by atoms with Gasteiger partial charge in [-0.25, -0.2) is 8.78 Å². The van der Waals surface area contributed by atoms with E-state index in [2.05, 4.69) is 4.99 Å². The predicted octanol–water partition coefficient (Wildman–Crippen LogP) is 4.57. The normalized spacial score (nSPS) is 11.2. The first kappa shape index (κ1) is 15.9. The van der Waals surface area contributed by atoms with Crippen LogP contribution in [0.25, 0.3) is 5.69 Å². The van der Waals surface area contributed by atoms with E-state index in [4.69, 9.17) is 0 Å². The Kier molecular flexibility index (Phi) is 4.42. The third-order valence-corrected chi connectivity index (χ3v) is 3.67. The lowest BCUT2D eigenvalue weighted by Gasteiger charge is -2.13. The standard InChI is InChI=1S/C19H17F2N3/c1-23(2)15-6-8-16(9-7-15)24-11-3-4-17(24)13-22-19-10-5-14(20)12-18(19)21/h3-13H,1-2H3. The third kappa shape index (κ3) is 3.35. The molecule has 1 aromatic heterocycles. The van der Waals surface area contributed by atoms with Crippen LogP contribution in [0.2, 0.25) is 0 Å². The molecule has 3 aromatic rings. The summed E-state index contributed by atoms with van der Waals surface area (Å²) in [7, 11) is 3.97. The van der Waals surface area contributed by atoms with E-state index in [0.717, 1.165) is 23.1 Å². The third-order valence-electron chi connectivity index (χ3n) is 3.67. The molecule has 0 spiro atoms. The summed E-state index contributed by atoms with van der Waals surface area (Å²) >= 11 is 0. The van der Waals surface area contributed by atoms with E-state index < -0.39 is 11.6 Å². The molecular weight excluding hydrogens is 308 g/mol. The summed E-state index contributed by atoms with van der Waals surface area (Å²) in [5.41, 5.74) is 2.99. The Morgan fingerprint density at radius 1 is 1.00 bits per heavy atom. The minimum absolute atomic E-state index is 0.104. The Hall–Kier alpha value is -2.95. The molecule has 0 bridgehead atoms. The van der Waals surface area contributed by atoms with E-state index in [0.29, 0.717) is 0 Å². The van der Waals surface area contributed by atoms with Crippen LogP contribution in [0.3, 0.4) is 0 Å². The zero-order valence-electron chi connectivity index (χ0n) is 13.4. The molecule has 0 N–H and O–H groups in total. The summed E-state index contributed by atoms with van der Waals surface area (Å²) in [6, 6.07) is 15.2. The molecule has 0 saturated carbocycles. The van der Waals surface area contributed by atoms with Gasteiger partial charge in [-0.1, -0.05) is 0 Å². The van der Waals surface area contributed by atoms with Gasteiger partial charge in [-0.15, -0.1) is 0 Å². The molecule has 3 nitrogen and oxygen atoms in total. The lowest BCUT2D eigenvalue weighted by atomic mass is 10.2. The number of rotatable bonds is 4. The van der Waals surface area contributed by atoms with E-state index >= 15 is 0 Å². The van der Waals surface area contributed by atoms with Gasteiger partial charge in [-0.2, -0.15) is 0 Å². The first-order chi connectivity index (χ1) is 11.5. The summed E-state index contributed by atoms with van der Waals surface area (Å²) in [5.74, 6) is -1.30. The van der Waals surface area contributed by atoms with Crippen molar-refractivity contribution in [2.45, 2.75) is 0 Å². The van der Waals surface area contributed by atoms with Crippen molar-refractivity contribution in [3.05, 3.63) is 78.1 Å². The molecule has 0 aliphatic heterocycles. The highest BCUT2D eigenvalue weighted by atomic mass is 19.1. The fraction of sp³-hybridized carbons (Fsp3) is 0.105. The highest BCUT2D eigenvalue weighted by Crippen LogP contribution is 2.20. The van der Waals surface area contributed by atoms with E-state index in [1.54, 1.807) is 6.21 Å². The average molecular weight is 325 g/mol. The maximum Gasteiger partial charge on any atom is 0.151 e. The summed E-state index contributed by atoms with van der Waals surface area (Å²) < 4.78 is 28.5. The predicted molar refractivity (Wildman–Crippen MR) is 93.7 cm³/mol. The minimum atomic E-state index is -0.681. The molecule has 0 aliphatic rings. The van der Waals surface area contributed by atoms with Crippen LogP contribution in [-0.2, 0) is 0 Å². The quantitative estimate of drug-likeness (QED) is 0.644. The van der Waals surface area contributed by atoms with Gasteiger partial charge < -0.3 is 9.47 Å². The zero-order chi connectivity index (χ0) is 17.1. The maximum atomic E-state index is 13.7. The summed E-state index contributed by atoms with van der Waals surface area (Å²) in [6.07, 6.45) is 3.48. The number of hydrogen-bond donors (Lipinski definition) is 0. The molecule has 1 heterocycles. The topological polar surface area (TPSA) is 20.5 Å². The van der Waals surface area contributed by atoms with Crippen molar-refractivity contribution in [1.29, 1.82) is 0 Å². The SMILES string of the molecule is CN(C)c1ccc(-n2cccc2C=Nc2ccc(F)cc2F)cc1. The van der Waals surface area contributed by atoms with Crippen molar-refractivity contribution in [2.75, 3.05) is 19.0 Å². The molecule has 2 aromatic carbocycles. The van der Waals surface area contributed by atoms with Gasteiger partial charge in [0.25, 0.3) is 0 Å². The highest BCUT2D eigenvalue weighted by Gasteiger charge is 2.04. The molecule has 24 heavy (non-hydrogen) atoms. The number of hydrogen-bond acceptors (Lipinski definition) is 2. The van der Waals surface area contributed by atoms with Gasteiger partial charge in [0.15, 0.2) is 5.82 Å². The van der Waals surface area contributed by atoms with Crippen LogP contribution in [0.4, 0.5) is 20.2 Å². The van der Waals surface area contributed by atoms with Crippen molar-refractivity contribution < 1.29 is 8.78 Å². The Morgan fingerprint density at radius 2 is 1.75 bits per heavy atom. The zero-order valence-corrected chi connectivity index (χ0v) is 13.4. The van der Waals surface area contributed by atoms with Crippen molar-refractivity contribution >= 4 is 17.6 Å². The fourth-order valence-electron chi connectivity index (χ4n) is 2.37.